The van der Waals surface area contributed by atoms with Crippen molar-refractivity contribution < 1.29 is 9.84 Å². The number of halogens is 1. The molecule has 1 N–H and O–H groups in total. The number of methoxy groups -OCH3 is 1. The van der Waals surface area contributed by atoms with E-state index in [4.69, 9.17) is 4.74 Å². The van der Waals surface area contributed by atoms with Gasteiger partial charge in [0.05, 0.1) is 18.9 Å². The van der Waals surface area contributed by atoms with Crippen LogP contribution in [-0.4, -0.2) is 22.2 Å². The smallest absolute Gasteiger partial charge is 0.216 e. The van der Waals surface area contributed by atoms with Crippen LogP contribution in [0, 0.1) is 3.57 Å². The van der Waals surface area contributed by atoms with Crippen molar-refractivity contribution in [3.05, 3.63) is 51.5 Å². The summed E-state index contributed by atoms with van der Waals surface area (Å²) in [6, 6.07) is 9.52. The number of benzene rings is 1. The van der Waals surface area contributed by atoms with Gasteiger partial charge in [-0.1, -0.05) is 12.1 Å². The van der Waals surface area contributed by atoms with E-state index in [1.807, 2.05) is 24.3 Å². The lowest BCUT2D eigenvalue weighted by molar-refractivity contribution is 0.177. The monoisotopic (exact) mass is 356 g/mol. The van der Waals surface area contributed by atoms with Gasteiger partial charge >= 0.3 is 0 Å². The van der Waals surface area contributed by atoms with Crippen molar-refractivity contribution in [1.29, 1.82) is 0 Å². The van der Waals surface area contributed by atoms with Gasteiger partial charge < -0.3 is 9.84 Å². The Kier molecular flexibility index (Phi) is 4.48. The number of nitrogens with zero attached hydrogens (tertiary/aromatic N) is 2. The number of ether oxygens (including phenoxy) is 1. The summed E-state index contributed by atoms with van der Waals surface area (Å²) < 4.78 is 6.17. The van der Waals surface area contributed by atoms with Crippen LogP contribution in [0.4, 0.5) is 0 Å². The highest BCUT2D eigenvalue weighted by Crippen LogP contribution is 2.19. The lowest BCUT2D eigenvalue weighted by Gasteiger charge is -2.10. The predicted molar refractivity (Wildman–Crippen MR) is 76.4 cm³/mol. The molecule has 1 unspecified atom stereocenters. The Bertz CT molecular complexity index is 517. The first-order chi connectivity index (χ1) is 8.69. The molecule has 0 radical (unpaired) electrons. The molecule has 0 aliphatic heterocycles. The first-order valence-electron chi connectivity index (χ1n) is 5.47. The van der Waals surface area contributed by atoms with E-state index in [9.17, 15) is 5.11 Å². The highest BCUT2D eigenvalue weighted by atomic mass is 127. The fourth-order valence-electron chi connectivity index (χ4n) is 1.60. The van der Waals surface area contributed by atoms with Crippen LogP contribution in [0.15, 0.2) is 36.7 Å². The minimum absolute atomic E-state index is 0.444. The van der Waals surface area contributed by atoms with Crippen LogP contribution < -0.4 is 4.74 Å². The summed E-state index contributed by atoms with van der Waals surface area (Å²) in [4.78, 5) is 8.05. The number of aliphatic hydroxyl groups is 1. The molecule has 0 aliphatic rings. The summed E-state index contributed by atoms with van der Waals surface area (Å²) >= 11 is 2.23. The van der Waals surface area contributed by atoms with Crippen LogP contribution in [0.2, 0.25) is 0 Å². The van der Waals surface area contributed by atoms with Gasteiger partial charge in [0.1, 0.15) is 6.33 Å². The maximum Gasteiger partial charge on any atom is 0.216 e. The second-order valence-corrected chi connectivity index (χ2v) is 5.07. The second-order valence-electron chi connectivity index (χ2n) is 3.82. The maximum absolute atomic E-state index is 10.1. The zero-order valence-corrected chi connectivity index (χ0v) is 12.0. The molecule has 4 nitrogen and oxygen atoms in total. The summed E-state index contributed by atoms with van der Waals surface area (Å²) in [6.45, 7) is 0. The quantitative estimate of drug-likeness (QED) is 0.855. The highest BCUT2D eigenvalue weighted by Gasteiger charge is 2.10. The van der Waals surface area contributed by atoms with E-state index in [0.717, 1.165) is 14.8 Å². The van der Waals surface area contributed by atoms with Gasteiger partial charge in [-0.3, -0.25) is 0 Å². The fraction of sp³-hybridized carbons (Fsp3) is 0.231. The summed E-state index contributed by atoms with van der Waals surface area (Å²) in [5, 5.41) is 10.1. The molecule has 5 heteroatoms. The molecule has 1 heterocycles. The Balaban J connectivity index is 2.10. The van der Waals surface area contributed by atoms with Gasteiger partial charge in [-0.25, -0.2) is 9.97 Å². The van der Waals surface area contributed by atoms with E-state index in [-0.39, 0.29) is 0 Å². The molecule has 0 spiro atoms. The van der Waals surface area contributed by atoms with Gasteiger partial charge in [-0.2, -0.15) is 0 Å². The van der Waals surface area contributed by atoms with Crippen LogP contribution in [0.3, 0.4) is 0 Å². The Morgan fingerprint density at radius 2 is 2.00 bits per heavy atom. The third-order valence-electron chi connectivity index (χ3n) is 2.57. The molecule has 1 aromatic heterocycles. The Morgan fingerprint density at radius 3 is 2.67 bits per heavy atom. The SMILES string of the molecule is COc1cc(CC(O)c2ccc(I)cc2)ncn1. The molecule has 0 aliphatic carbocycles. The average molecular weight is 356 g/mol. The summed E-state index contributed by atoms with van der Waals surface area (Å²) in [6.07, 6.45) is 1.32. The number of hydrogen-bond acceptors (Lipinski definition) is 4. The van der Waals surface area contributed by atoms with E-state index < -0.39 is 6.10 Å². The molecule has 2 aromatic rings. The highest BCUT2D eigenvalue weighted by molar-refractivity contribution is 14.1. The van der Waals surface area contributed by atoms with E-state index >= 15 is 0 Å². The molecular weight excluding hydrogens is 343 g/mol. The topological polar surface area (TPSA) is 55.2 Å². The number of hydrogen-bond donors (Lipinski definition) is 1. The van der Waals surface area contributed by atoms with Crippen molar-refractivity contribution in [2.24, 2.45) is 0 Å². The van der Waals surface area contributed by atoms with Crippen LogP contribution in [0.25, 0.3) is 0 Å². The number of aliphatic hydroxyl groups excluding tert-OH is 1. The third-order valence-corrected chi connectivity index (χ3v) is 3.28. The van der Waals surface area contributed by atoms with Crippen LogP contribution in [-0.2, 0) is 6.42 Å². The van der Waals surface area contributed by atoms with Crippen molar-refractivity contribution >= 4 is 22.6 Å². The zero-order chi connectivity index (χ0) is 13.0. The fourth-order valence-corrected chi connectivity index (χ4v) is 1.96. The Labute approximate surface area is 119 Å². The molecule has 0 saturated carbocycles. The van der Waals surface area contributed by atoms with Gasteiger partial charge in [-0.15, -0.1) is 0 Å². The standard InChI is InChI=1S/C13H13IN2O2/c1-18-13-7-11(15-8-16-13)6-12(17)9-2-4-10(14)5-3-9/h2-5,7-8,12,17H,6H2,1H3. The lowest BCUT2D eigenvalue weighted by Crippen LogP contribution is -2.04. The van der Waals surface area contributed by atoms with Crippen LogP contribution >= 0.6 is 22.6 Å². The lowest BCUT2D eigenvalue weighted by atomic mass is 10.1. The number of rotatable bonds is 4. The van der Waals surface area contributed by atoms with Gasteiger partial charge in [0.2, 0.25) is 5.88 Å². The molecule has 94 valence electrons. The summed E-state index contributed by atoms with van der Waals surface area (Å²) in [5.41, 5.74) is 1.64. The molecule has 0 amide bonds. The van der Waals surface area contributed by atoms with Gasteiger partial charge in [0, 0.05) is 16.1 Å². The Hall–Kier alpha value is -1.21. The first kappa shape index (κ1) is 13.2. The molecule has 0 saturated heterocycles. The molecule has 1 aromatic carbocycles. The maximum atomic E-state index is 10.1. The average Bonchev–Trinajstić information content (AvgIpc) is 2.39. The van der Waals surface area contributed by atoms with Crippen LogP contribution in [0.5, 0.6) is 5.88 Å². The van der Waals surface area contributed by atoms with E-state index in [0.29, 0.717) is 12.3 Å². The van der Waals surface area contributed by atoms with Gasteiger partial charge in [0.15, 0.2) is 0 Å². The molecular formula is C13H13IN2O2. The molecule has 0 fully saturated rings. The minimum Gasteiger partial charge on any atom is -0.481 e. The summed E-state index contributed by atoms with van der Waals surface area (Å²) in [5.74, 6) is 0.509. The van der Waals surface area contributed by atoms with Crippen molar-refractivity contribution in [3.8, 4) is 5.88 Å². The van der Waals surface area contributed by atoms with Crippen molar-refractivity contribution in [1.82, 2.24) is 9.97 Å². The van der Waals surface area contributed by atoms with E-state index in [2.05, 4.69) is 32.6 Å². The van der Waals surface area contributed by atoms with E-state index in [1.54, 1.807) is 13.2 Å². The summed E-state index contributed by atoms with van der Waals surface area (Å²) in [7, 11) is 1.56. The van der Waals surface area contributed by atoms with Crippen molar-refractivity contribution in [3.63, 3.8) is 0 Å². The molecule has 2 rings (SSSR count). The molecule has 0 bridgehead atoms. The van der Waals surface area contributed by atoms with E-state index in [1.165, 1.54) is 6.33 Å². The van der Waals surface area contributed by atoms with Crippen molar-refractivity contribution in [2.75, 3.05) is 7.11 Å². The largest absolute Gasteiger partial charge is 0.481 e. The Morgan fingerprint density at radius 1 is 1.28 bits per heavy atom. The number of aromatic nitrogens is 2. The normalized spacial score (nSPS) is 12.2. The first-order valence-corrected chi connectivity index (χ1v) is 6.55. The minimum atomic E-state index is -0.568. The van der Waals surface area contributed by atoms with Gasteiger partial charge in [0.25, 0.3) is 0 Å². The second kappa shape index (κ2) is 6.10. The zero-order valence-electron chi connectivity index (χ0n) is 9.88. The van der Waals surface area contributed by atoms with Crippen LogP contribution in [0.1, 0.15) is 17.4 Å². The predicted octanol–water partition coefficient (Wildman–Crippen LogP) is 2.37. The molecule has 1 atom stereocenters. The molecule has 18 heavy (non-hydrogen) atoms. The van der Waals surface area contributed by atoms with Gasteiger partial charge in [-0.05, 0) is 40.3 Å². The van der Waals surface area contributed by atoms with Crippen molar-refractivity contribution in [2.45, 2.75) is 12.5 Å². The third kappa shape index (κ3) is 3.39.